The van der Waals surface area contributed by atoms with Crippen LogP contribution in [0.25, 0.3) is 0 Å². The van der Waals surface area contributed by atoms with Crippen LogP contribution < -0.4 is 4.74 Å². The largest absolute Gasteiger partial charge is 0.457 e. The smallest absolute Gasteiger partial charge is 0.127 e. The molecular formula is C18H21ClO. The minimum Gasteiger partial charge on any atom is -0.457 e. The van der Waals surface area contributed by atoms with Crippen molar-refractivity contribution >= 4 is 11.6 Å². The van der Waals surface area contributed by atoms with Gasteiger partial charge in [-0.25, -0.2) is 0 Å². The van der Waals surface area contributed by atoms with E-state index in [2.05, 4.69) is 20.8 Å². The molecule has 1 nitrogen and oxygen atoms in total. The fraction of sp³-hybridized carbons (Fsp3) is 0.333. The molecule has 2 aromatic carbocycles. The van der Waals surface area contributed by atoms with Crippen LogP contribution in [0.2, 0.25) is 0 Å². The Balaban J connectivity index is 2.11. The molecule has 2 heteroatoms. The summed E-state index contributed by atoms with van der Waals surface area (Å²) in [5, 5.41) is 0.0123. The second kappa shape index (κ2) is 6.32. The molecule has 1 atom stereocenters. The summed E-state index contributed by atoms with van der Waals surface area (Å²) in [4.78, 5) is 0. The number of alkyl halides is 1. The Labute approximate surface area is 126 Å². The van der Waals surface area contributed by atoms with Gasteiger partial charge in [-0.15, -0.1) is 11.6 Å². The second-order valence-electron chi connectivity index (χ2n) is 5.69. The fourth-order valence-corrected chi connectivity index (χ4v) is 2.26. The number of halogens is 1. The zero-order valence-electron chi connectivity index (χ0n) is 12.3. The lowest BCUT2D eigenvalue weighted by molar-refractivity contribution is 0.336. The zero-order valence-corrected chi connectivity index (χ0v) is 13.0. The van der Waals surface area contributed by atoms with Crippen molar-refractivity contribution in [1.29, 1.82) is 0 Å². The first kappa shape index (κ1) is 14.9. The van der Waals surface area contributed by atoms with Crippen LogP contribution in [0.15, 0.2) is 54.6 Å². The number of hydrogen-bond donors (Lipinski definition) is 0. The number of ether oxygens (including phenoxy) is 1. The fourth-order valence-electron chi connectivity index (χ4n) is 1.96. The Kier molecular flexibility index (Phi) is 4.72. The van der Waals surface area contributed by atoms with Crippen LogP contribution in [0.3, 0.4) is 0 Å². The van der Waals surface area contributed by atoms with Crippen molar-refractivity contribution < 1.29 is 4.74 Å². The van der Waals surface area contributed by atoms with Crippen LogP contribution in [0.1, 0.15) is 38.1 Å². The molecule has 0 heterocycles. The summed E-state index contributed by atoms with van der Waals surface area (Å²) >= 11 is 6.57. The third-order valence-electron chi connectivity index (χ3n) is 3.75. The predicted octanol–water partition coefficient (Wildman–Crippen LogP) is 6.20. The molecule has 0 saturated heterocycles. The van der Waals surface area contributed by atoms with Gasteiger partial charge in [-0.1, -0.05) is 51.1 Å². The average molecular weight is 289 g/mol. The molecule has 0 fully saturated rings. The van der Waals surface area contributed by atoms with Crippen LogP contribution in [-0.4, -0.2) is 0 Å². The molecule has 20 heavy (non-hydrogen) atoms. The lowest BCUT2D eigenvalue weighted by Crippen LogP contribution is -2.16. The van der Waals surface area contributed by atoms with E-state index in [0.717, 1.165) is 23.5 Å². The van der Waals surface area contributed by atoms with Gasteiger partial charge in [-0.2, -0.15) is 0 Å². The third kappa shape index (κ3) is 3.55. The highest BCUT2D eigenvalue weighted by atomic mass is 35.5. The lowest BCUT2D eigenvalue weighted by atomic mass is 9.83. The van der Waals surface area contributed by atoms with Crippen LogP contribution in [0.5, 0.6) is 11.5 Å². The molecule has 0 aliphatic rings. The van der Waals surface area contributed by atoms with E-state index >= 15 is 0 Å². The molecular weight excluding hydrogens is 268 g/mol. The molecule has 0 aliphatic heterocycles. The standard InChI is InChI=1S/C18H21ClO/c1-4-18(2,3)17(19)14-10-12-16(13-11-14)20-15-8-6-5-7-9-15/h5-13,17H,4H2,1-3H3. The van der Waals surface area contributed by atoms with Gasteiger partial charge in [-0.3, -0.25) is 0 Å². The molecule has 0 N–H and O–H groups in total. The Morgan fingerprint density at radius 2 is 1.50 bits per heavy atom. The maximum atomic E-state index is 6.57. The van der Waals surface area contributed by atoms with Crippen molar-refractivity contribution in [3.8, 4) is 11.5 Å². The van der Waals surface area contributed by atoms with Gasteiger partial charge in [0.25, 0.3) is 0 Å². The van der Waals surface area contributed by atoms with E-state index in [4.69, 9.17) is 16.3 Å². The van der Waals surface area contributed by atoms with Gasteiger partial charge in [0.05, 0.1) is 5.38 Å². The molecule has 2 aromatic rings. The van der Waals surface area contributed by atoms with Gasteiger partial charge in [-0.05, 0) is 41.7 Å². The Bertz CT molecular complexity index is 531. The van der Waals surface area contributed by atoms with E-state index < -0.39 is 0 Å². The zero-order chi connectivity index (χ0) is 14.6. The third-order valence-corrected chi connectivity index (χ3v) is 4.59. The number of benzene rings is 2. The number of rotatable bonds is 5. The van der Waals surface area contributed by atoms with Gasteiger partial charge in [0.15, 0.2) is 0 Å². The van der Waals surface area contributed by atoms with Crippen molar-refractivity contribution in [2.75, 3.05) is 0 Å². The Morgan fingerprint density at radius 1 is 0.950 bits per heavy atom. The van der Waals surface area contributed by atoms with E-state index in [1.165, 1.54) is 0 Å². The summed E-state index contributed by atoms with van der Waals surface area (Å²) in [6.45, 7) is 6.56. The molecule has 2 rings (SSSR count). The monoisotopic (exact) mass is 288 g/mol. The average Bonchev–Trinajstić information content (AvgIpc) is 2.48. The second-order valence-corrected chi connectivity index (χ2v) is 6.13. The SMILES string of the molecule is CCC(C)(C)C(Cl)c1ccc(Oc2ccccc2)cc1. The van der Waals surface area contributed by atoms with Crippen molar-refractivity contribution in [3.05, 3.63) is 60.2 Å². The van der Waals surface area contributed by atoms with Crippen LogP contribution in [0.4, 0.5) is 0 Å². The van der Waals surface area contributed by atoms with E-state index in [9.17, 15) is 0 Å². The highest BCUT2D eigenvalue weighted by molar-refractivity contribution is 6.21. The molecule has 0 spiro atoms. The summed E-state index contributed by atoms with van der Waals surface area (Å²) in [5.74, 6) is 1.68. The normalized spacial score (nSPS) is 13.0. The van der Waals surface area contributed by atoms with Gasteiger partial charge in [0, 0.05) is 0 Å². The van der Waals surface area contributed by atoms with E-state index in [0.29, 0.717) is 0 Å². The van der Waals surface area contributed by atoms with Gasteiger partial charge >= 0.3 is 0 Å². The summed E-state index contributed by atoms with van der Waals surface area (Å²) in [6.07, 6.45) is 1.05. The molecule has 0 radical (unpaired) electrons. The molecule has 1 unspecified atom stereocenters. The molecule has 0 bridgehead atoms. The van der Waals surface area contributed by atoms with Gasteiger partial charge in [0.1, 0.15) is 11.5 Å². The topological polar surface area (TPSA) is 9.23 Å². The molecule has 0 aromatic heterocycles. The number of hydrogen-bond acceptors (Lipinski definition) is 1. The quantitative estimate of drug-likeness (QED) is 0.596. The Hall–Kier alpha value is -1.47. The van der Waals surface area contributed by atoms with Gasteiger partial charge in [0.2, 0.25) is 0 Å². The van der Waals surface area contributed by atoms with Crippen molar-refractivity contribution in [3.63, 3.8) is 0 Å². The predicted molar refractivity (Wildman–Crippen MR) is 85.6 cm³/mol. The highest BCUT2D eigenvalue weighted by Gasteiger charge is 2.27. The van der Waals surface area contributed by atoms with Crippen molar-refractivity contribution in [2.45, 2.75) is 32.6 Å². The first-order chi connectivity index (χ1) is 9.53. The minimum absolute atomic E-state index is 0.0123. The molecule has 0 aliphatic carbocycles. The maximum Gasteiger partial charge on any atom is 0.127 e. The maximum absolute atomic E-state index is 6.57. The van der Waals surface area contributed by atoms with Crippen LogP contribution in [0, 0.1) is 5.41 Å². The van der Waals surface area contributed by atoms with Crippen molar-refractivity contribution in [2.24, 2.45) is 5.41 Å². The van der Waals surface area contributed by atoms with E-state index in [1.807, 2.05) is 54.6 Å². The number of para-hydroxylation sites is 1. The first-order valence-corrected chi connectivity index (χ1v) is 7.43. The summed E-state index contributed by atoms with van der Waals surface area (Å²) in [7, 11) is 0. The van der Waals surface area contributed by atoms with Gasteiger partial charge < -0.3 is 4.74 Å². The van der Waals surface area contributed by atoms with Crippen molar-refractivity contribution in [1.82, 2.24) is 0 Å². The Morgan fingerprint density at radius 3 is 2.05 bits per heavy atom. The first-order valence-electron chi connectivity index (χ1n) is 7.00. The van der Waals surface area contributed by atoms with E-state index in [1.54, 1.807) is 0 Å². The molecule has 106 valence electrons. The summed E-state index contributed by atoms with van der Waals surface area (Å²) in [6, 6.07) is 17.8. The lowest BCUT2D eigenvalue weighted by Gasteiger charge is -2.29. The summed E-state index contributed by atoms with van der Waals surface area (Å²) < 4.78 is 5.78. The highest BCUT2D eigenvalue weighted by Crippen LogP contribution is 2.41. The molecule has 0 amide bonds. The van der Waals surface area contributed by atoms with E-state index in [-0.39, 0.29) is 10.8 Å². The summed E-state index contributed by atoms with van der Waals surface area (Å²) in [5.41, 5.74) is 1.22. The molecule has 0 saturated carbocycles. The minimum atomic E-state index is 0.0123. The van der Waals surface area contributed by atoms with Crippen LogP contribution in [-0.2, 0) is 0 Å². The van der Waals surface area contributed by atoms with Crippen LogP contribution >= 0.6 is 11.6 Å².